The van der Waals surface area contributed by atoms with Gasteiger partial charge >= 0.3 is 0 Å². The number of nitrogens with zero attached hydrogens (tertiary/aromatic N) is 5. The van der Waals surface area contributed by atoms with Crippen LogP contribution in [0.5, 0.6) is 0 Å². The van der Waals surface area contributed by atoms with Crippen LogP contribution < -0.4 is 4.90 Å². The summed E-state index contributed by atoms with van der Waals surface area (Å²) in [5.41, 5.74) is 3.99. The standard InChI is InChI=1S/C28H37N5/c1-2-22-5-7-29-15-24(22)25-3-4-27(31-30-25)33-8-6-23-16-32(17-26(23)33)18-28-12-19-9-20(13-28)11-21(10-19)14-28/h3-5,7,15,19-21,23,26H,2,6,8-14,16-18H2,1H3. The molecule has 0 spiro atoms. The molecule has 6 aliphatic rings. The van der Waals surface area contributed by atoms with Crippen molar-refractivity contribution in [3.63, 3.8) is 0 Å². The summed E-state index contributed by atoms with van der Waals surface area (Å²) in [7, 11) is 0. The zero-order valence-electron chi connectivity index (χ0n) is 20.0. The maximum atomic E-state index is 4.71. The molecule has 0 aromatic carbocycles. The van der Waals surface area contributed by atoms with E-state index in [-0.39, 0.29) is 0 Å². The van der Waals surface area contributed by atoms with Gasteiger partial charge in [-0.15, -0.1) is 10.2 Å². The van der Waals surface area contributed by atoms with Crippen LogP contribution in [0.4, 0.5) is 5.82 Å². The summed E-state index contributed by atoms with van der Waals surface area (Å²) in [5.74, 6) is 5.01. The second-order valence-corrected chi connectivity index (χ2v) is 12.1. The fraction of sp³-hybridized carbons (Fsp3) is 0.679. The summed E-state index contributed by atoms with van der Waals surface area (Å²) in [6.07, 6.45) is 15.3. The van der Waals surface area contributed by atoms with Crippen LogP contribution in [0, 0.1) is 29.1 Å². The average Bonchev–Trinajstić information content (AvgIpc) is 3.38. The zero-order chi connectivity index (χ0) is 22.0. The molecular weight excluding hydrogens is 406 g/mol. The van der Waals surface area contributed by atoms with Gasteiger partial charge in [-0.25, -0.2) is 0 Å². The van der Waals surface area contributed by atoms with Crippen LogP contribution in [0.1, 0.15) is 57.4 Å². The highest BCUT2D eigenvalue weighted by Crippen LogP contribution is 2.60. The lowest BCUT2D eigenvalue weighted by Gasteiger charge is -2.57. The molecule has 0 amide bonds. The van der Waals surface area contributed by atoms with Gasteiger partial charge in [-0.2, -0.15) is 0 Å². The second kappa shape index (κ2) is 7.76. The summed E-state index contributed by atoms with van der Waals surface area (Å²) in [6, 6.07) is 7.04. The molecule has 2 aromatic rings. The lowest BCUT2D eigenvalue weighted by molar-refractivity contribution is -0.0670. The van der Waals surface area contributed by atoms with Crippen molar-refractivity contribution in [2.75, 3.05) is 31.1 Å². The first-order valence-corrected chi connectivity index (χ1v) is 13.4. The van der Waals surface area contributed by atoms with Crippen molar-refractivity contribution in [3.05, 3.63) is 36.2 Å². The Balaban J connectivity index is 1.05. The molecule has 2 atom stereocenters. The Morgan fingerprint density at radius 1 is 0.970 bits per heavy atom. The molecule has 0 radical (unpaired) electrons. The molecule has 4 saturated carbocycles. The molecule has 6 fully saturated rings. The largest absolute Gasteiger partial charge is 0.351 e. The van der Waals surface area contributed by atoms with Gasteiger partial charge in [-0.1, -0.05) is 6.92 Å². The third-order valence-corrected chi connectivity index (χ3v) is 9.86. The first-order chi connectivity index (χ1) is 16.2. The van der Waals surface area contributed by atoms with Crippen LogP contribution in [0.2, 0.25) is 0 Å². The van der Waals surface area contributed by atoms with E-state index in [1.54, 1.807) is 19.3 Å². The Hall–Kier alpha value is -2.01. The second-order valence-electron chi connectivity index (χ2n) is 12.1. The maximum Gasteiger partial charge on any atom is 0.151 e. The van der Waals surface area contributed by atoms with E-state index in [4.69, 9.17) is 5.10 Å². The average molecular weight is 444 g/mol. The summed E-state index contributed by atoms with van der Waals surface area (Å²) < 4.78 is 0. The van der Waals surface area contributed by atoms with Gasteiger partial charge in [0, 0.05) is 50.2 Å². The lowest BCUT2D eigenvalue weighted by atomic mass is 9.49. The molecule has 2 aromatic heterocycles. The van der Waals surface area contributed by atoms with Crippen molar-refractivity contribution in [1.82, 2.24) is 20.1 Å². The minimum atomic E-state index is 0.614. The topological polar surface area (TPSA) is 45.2 Å². The molecule has 174 valence electrons. The number of aromatic nitrogens is 3. The number of rotatable bonds is 5. The van der Waals surface area contributed by atoms with Crippen LogP contribution in [0.25, 0.3) is 11.3 Å². The molecule has 5 nitrogen and oxygen atoms in total. The predicted octanol–water partition coefficient (Wildman–Crippen LogP) is 4.83. The van der Waals surface area contributed by atoms with E-state index < -0.39 is 0 Å². The Morgan fingerprint density at radius 2 is 1.76 bits per heavy atom. The predicted molar refractivity (Wildman–Crippen MR) is 131 cm³/mol. The number of aryl methyl sites for hydroxylation is 1. The highest BCUT2D eigenvalue weighted by molar-refractivity contribution is 5.63. The van der Waals surface area contributed by atoms with Crippen LogP contribution in [0.15, 0.2) is 30.6 Å². The third kappa shape index (κ3) is 3.50. The maximum absolute atomic E-state index is 4.71. The molecule has 2 unspecified atom stereocenters. The van der Waals surface area contributed by atoms with Crippen molar-refractivity contribution >= 4 is 5.82 Å². The molecule has 5 heteroatoms. The van der Waals surface area contributed by atoms with E-state index in [0.29, 0.717) is 11.5 Å². The summed E-state index contributed by atoms with van der Waals surface area (Å²) >= 11 is 0. The van der Waals surface area contributed by atoms with Gasteiger partial charge < -0.3 is 9.80 Å². The number of fused-ring (bicyclic) bond motifs is 1. The van der Waals surface area contributed by atoms with E-state index in [1.807, 2.05) is 12.4 Å². The number of hydrogen-bond donors (Lipinski definition) is 0. The van der Waals surface area contributed by atoms with E-state index in [1.165, 1.54) is 50.9 Å². The smallest absolute Gasteiger partial charge is 0.151 e. The van der Waals surface area contributed by atoms with E-state index in [9.17, 15) is 0 Å². The fourth-order valence-electron chi connectivity index (χ4n) is 9.00. The van der Waals surface area contributed by atoms with Crippen molar-refractivity contribution in [2.24, 2.45) is 29.1 Å². The van der Waals surface area contributed by atoms with Gasteiger partial charge in [0.2, 0.25) is 0 Å². The molecule has 33 heavy (non-hydrogen) atoms. The van der Waals surface area contributed by atoms with Crippen molar-refractivity contribution in [1.29, 1.82) is 0 Å². The molecular formula is C28H37N5. The number of pyridine rings is 1. The summed E-state index contributed by atoms with van der Waals surface area (Å²) in [5, 5.41) is 9.34. The van der Waals surface area contributed by atoms with Crippen molar-refractivity contribution in [2.45, 2.75) is 64.3 Å². The molecule has 2 saturated heterocycles. The Kier molecular flexibility index (Phi) is 4.79. The number of hydrogen-bond acceptors (Lipinski definition) is 5. The minimum absolute atomic E-state index is 0.614. The van der Waals surface area contributed by atoms with Crippen LogP contribution in [-0.4, -0.2) is 52.3 Å². The van der Waals surface area contributed by atoms with Gasteiger partial charge in [0.25, 0.3) is 0 Å². The number of likely N-dealkylation sites (tertiary alicyclic amines) is 1. The first kappa shape index (κ1) is 20.4. The zero-order valence-corrected chi connectivity index (χ0v) is 20.0. The minimum Gasteiger partial charge on any atom is -0.351 e. The van der Waals surface area contributed by atoms with Gasteiger partial charge in [0.15, 0.2) is 5.82 Å². The molecule has 8 rings (SSSR count). The molecule has 0 N–H and O–H groups in total. The van der Waals surface area contributed by atoms with Crippen molar-refractivity contribution in [3.8, 4) is 11.3 Å². The normalized spacial score (nSPS) is 37.1. The quantitative estimate of drug-likeness (QED) is 0.662. The van der Waals surface area contributed by atoms with Gasteiger partial charge in [-0.3, -0.25) is 4.98 Å². The first-order valence-electron chi connectivity index (χ1n) is 13.4. The number of anilines is 1. The Morgan fingerprint density at radius 3 is 2.45 bits per heavy atom. The lowest BCUT2D eigenvalue weighted by Crippen LogP contribution is -2.51. The van der Waals surface area contributed by atoms with Gasteiger partial charge in [0.05, 0.1) is 5.69 Å². The van der Waals surface area contributed by atoms with Crippen LogP contribution in [0.3, 0.4) is 0 Å². The van der Waals surface area contributed by atoms with Crippen LogP contribution in [-0.2, 0) is 6.42 Å². The third-order valence-electron chi connectivity index (χ3n) is 9.86. The molecule has 4 heterocycles. The SMILES string of the molecule is CCc1ccncc1-c1ccc(N2CCC3CN(CC45CC6CC(CC(C6)C4)C5)CC32)nn1. The molecule has 4 aliphatic carbocycles. The van der Waals surface area contributed by atoms with Crippen LogP contribution >= 0.6 is 0 Å². The highest BCUT2D eigenvalue weighted by Gasteiger charge is 2.52. The fourth-order valence-corrected chi connectivity index (χ4v) is 9.00. The van der Waals surface area contributed by atoms with E-state index >= 15 is 0 Å². The molecule has 4 bridgehead atoms. The van der Waals surface area contributed by atoms with E-state index in [2.05, 4.69) is 45.0 Å². The van der Waals surface area contributed by atoms with E-state index in [0.717, 1.165) is 53.7 Å². The monoisotopic (exact) mass is 443 g/mol. The highest BCUT2D eigenvalue weighted by atomic mass is 15.3. The summed E-state index contributed by atoms with van der Waals surface area (Å²) in [6.45, 7) is 7.19. The van der Waals surface area contributed by atoms with Gasteiger partial charge in [0.1, 0.15) is 0 Å². The summed E-state index contributed by atoms with van der Waals surface area (Å²) in [4.78, 5) is 9.72. The van der Waals surface area contributed by atoms with Crippen molar-refractivity contribution < 1.29 is 0 Å². The Bertz CT molecular complexity index is 982. The van der Waals surface area contributed by atoms with Gasteiger partial charge in [-0.05, 0) is 104 Å². The molecule has 2 aliphatic heterocycles. The Labute approximate surface area is 198 Å².